The van der Waals surface area contributed by atoms with Crippen molar-refractivity contribution in [1.82, 2.24) is 0 Å². The summed E-state index contributed by atoms with van der Waals surface area (Å²) in [5, 5.41) is 0. The van der Waals surface area contributed by atoms with Crippen LogP contribution >= 0.6 is 0 Å². The molecule has 0 spiro atoms. The topological polar surface area (TPSA) is 0 Å². The Labute approximate surface area is 84.3 Å². The maximum Gasteiger partial charge on any atom is 0 e. The van der Waals surface area contributed by atoms with Crippen LogP contribution in [-0.2, 0) is 56.1 Å². The van der Waals surface area contributed by atoms with Gasteiger partial charge in [-0.2, -0.15) is 0 Å². The normalized spacial score (nSPS) is 0. The maximum atomic E-state index is 0. The smallest absolute Gasteiger partial charge is 0 e. The van der Waals surface area contributed by atoms with Crippen LogP contribution in [0.3, 0.4) is 0 Å². The molecule has 0 aliphatic carbocycles. The van der Waals surface area contributed by atoms with Gasteiger partial charge in [0.2, 0.25) is 0 Å². The third kappa shape index (κ3) is 8.84. The van der Waals surface area contributed by atoms with Gasteiger partial charge in [0.25, 0.3) is 0 Å². The molecular formula is HCrMnNaTi. The van der Waals surface area contributed by atoms with Crippen molar-refractivity contribution in [3.05, 3.63) is 0 Å². The van der Waals surface area contributed by atoms with Crippen molar-refractivity contribution in [2.45, 2.75) is 0 Å². The molecule has 0 fully saturated rings. The number of hydrogen-bond donors (Lipinski definition) is 0. The molecule has 0 aromatic heterocycles. The molecule has 0 saturated heterocycles. The molecule has 0 aliphatic rings. The van der Waals surface area contributed by atoms with Gasteiger partial charge in [-0.25, -0.2) is 0 Å². The van der Waals surface area contributed by atoms with Crippen molar-refractivity contribution in [3.8, 4) is 0 Å². The first-order valence-corrected chi connectivity index (χ1v) is 0. The van der Waals surface area contributed by atoms with Gasteiger partial charge in [0.1, 0.15) is 0 Å². The standard InChI is InChI=1S/Cr.Mn.Na.Ti.H. The summed E-state index contributed by atoms with van der Waals surface area (Å²) in [7, 11) is 0. The summed E-state index contributed by atoms with van der Waals surface area (Å²) < 4.78 is 0. The Morgan fingerprint density at radius 2 is 1.00 bits per heavy atom. The molecule has 0 aliphatic heterocycles. The summed E-state index contributed by atoms with van der Waals surface area (Å²) in [6.07, 6.45) is 0. The van der Waals surface area contributed by atoms with Gasteiger partial charge in [-0.15, -0.1) is 0 Å². The molecule has 0 nitrogen and oxygen atoms in total. The third-order valence-corrected chi connectivity index (χ3v) is 0. The predicted molar refractivity (Wildman–Crippen MR) is 7.15 cm³/mol. The molecule has 4 heavy (non-hydrogen) atoms. The summed E-state index contributed by atoms with van der Waals surface area (Å²) in [4.78, 5) is 0. The largest absolute Gasteiger partial charge is 0 e. The molecule has 0 unspecified atom stereocenters. The van der Waals surface area contributed by atoms with Crippen LogP contribution < -0.4 is 0 Å². The van der Waals surface area contributed by atoms with Crippen LogP contribution in [0.4, 0.5) is 0 Å². The summed E-state index contributed by atoms with van der Waals surface area (Å²) in [5.74, 6) is 0. The van der Waals surface area contributed by atoms with Crippen molar-refractivity contribution in [2.24, 2.45) is 0 Å². The maximum absolute atomic E-state index is 0. The average molecular weight is 179 g/mol. The number of rotatable bonds is 0. The quantitative estimate of drug-likeness (QED) is 0.433. The molecular weight excluding hydrogens is 178 g/mol. The summed E-state index contributed by atoms with van der Waals surface area (Å²) in [5.41, 5.74) is 0. The van der Waals surface area contributed by atoms with Crippen molar-refractivity contribution in [2.75, 3.05) is 0 Å². The van der Waals surface area contributed by atoms with Crippen LogP contribution in [0.25, 0.3) is 0 Å². The second-order valence-corrected chi connectivity index (χ2v) is 0. The van der Waals surface area contributed by atoms with Gasteiger partial charge in [-0.05, 0) is 0 Å². The Bertz CT molecular complexity index is 8.00. The van der Waals surface area contributed by atoms with E-state index >= 15 is 0 Å². The summed E-state index contributed by atoms with van der Waals surface area (Å²) >= 11 is 0. The molecule has 19 valence electrons. The van der Waals surface area contributed by atoms with Crippen molar-refractivity contribution in [1.29, 1.82) is 0 Å². The van der Waals surface area contributed by atoms with Gasteiger partial charge >= 0.3 is 29.6 Å². The fourth-order valence-electron chi connectivity index (χ4n) is 0. The first kappa shape index (κ1) is 29.4. The van der Waals surface area contributed by atoms with Crippen LogP contribution in [0.2, 0.25) is 0 Å². The average Bonchev–Trinajstić information content (AvgIpc) is 0. The van der Waals surface area contributed by atoms with Crippen LogP contribution in [0.1, 0.15) is 0 Å². The zero-order valence-electron chi connectivity index (χ0n) is 1.29. The summed E-state index contributed by atoms with van der Waals surface area (Å²) in [6, 6.07) is 0. The monoisotopic (exact) mass is 179 g/mol. The third-order valence-electron chi connectivity index (χ3n) is 0. The van der Waals surface area contributed by atoms with Crippen LogP contribution in [0.15, 0.2) is 0 Å². The van der Waals surface area contributed by atoms with E-state index < -0.39 is 0 Å². The van der Waals surface area contributed by atoms with Gasteiger partial charge in [0.05, 0.1) is 0 Å². The minimum atomic E-state index is 0. The molecule has 0 atom stereocenters. The molecule has 0 saturated carbocycles. The fraction of sp³-hybridized carbons (Fsp3) is 0. The molecule has 1 radical (unpaired) electrons. The van der Waals surface area contributed by atoms with E-state index in [2.05, 4.69) is 0 Å². The minimum Gasteiger partial charge on any atom is 0 e. The van der Waals surface area contributed by atoms with E-state index in [1.165, 1.54) is 0 Å². The second-order valence-electron chi connectivity index (χ2n) is 0. The van der Waals surface area contributed by atoms with E-state index in [0.717, 1.165) is 0 Å². The zero-order valence-corrected chi connectivity index (χ0v) is 5.30. The molecule has 0 rings (SSSR count). The van der Waals surface area contributed by atoms with E-state index in [9.17, 15) is 0 Å². The first-order chi connectivity index (χ1) is 0. The Balaban J connectivity index is 0. The van der Waals surface area contributed by atoms with Crippen LogP contribution in [0, 0.1) is 0 Å². The molecule has 0 aromatic rings. The molecule has 0 amide bonds. The molecule has 0 bridgehead atoms. The molecule has 0 N–H and O–H groups in total. The van der Waals surface area contributed by atoms with Gasteiger partial charge in [0.15, 0.2) is 0 Å². The molecule has 4 heteroatoms. The van der Waals surface area contributed by atoms with Crippen molar-refractivity contribution in [3.63, 3.8) is 0 Å². The zero-order chi connectivity index (χ0) is 0. The van der Waals surface area contributed by atoms with Gasteiger partial charge in [-0.1, -0.05) is 0 Å². The Kier molecular flexibility index (Phi) is 126. The first-order valence-electron chi connectivity index (χ1n) is 0. The van der Waals surface area contributed by atoms with Crippen LogP contribution in [0.5, 0.6) is 0 Å². The van der Waals surface area contributed by atoms with E-state index in [1.54, 1.807) is 0 Å². The second kappa shape index (κ2) is 17.1. The Morgan fingerprint density at radius 3 is 1.00 bits per heavy atom. The van der Waals surface area contributed by atoms with E-state index in [1.807, 2.05) is 0 Å². The van der Waals surface area contributed by atoms with Gasteiger partial charge in [-0.3, -0.25) is 0 Å². The predicted octanol–water partition coefficient (Wildman–Crippen LogP) is -0.656. The van der Waals surface area contributed by atoms with Crippen LogP contribution in [-0.4, -0.2) is 29.6 Å². The molecule has 0 heterocycles. The SMILES string of the molecule is [Cr].[Mn].[NaH].[Ti]. The van der Waals surface area contributed by atoms with E-state index in [0.29, 0.717) is 0 Å². The van der Waals surface area contributed by atoms with E-state index in [4.69, 9.17) is 0 Å². The van der Waals surface area contributed by atoms with Crippen molar-refractivity contribution < 1.29 is 56.1 Å². The molecule has 0 aromatic carbocycles. The van der Waals surface area contributed by atoms with Gasteiger partial charge in [0, 0.05) is 56.1 Å². The van der Waals surface area contributed by atoms with Crippen molar-refractivity contribution >= 4 is 29.6 Å². The summed E-state index contributed by atoms with van der Waals surface area (Å²) in [6.45, 7) is 0. The van der Waals surface area contributed by atoms with E-state index in [-0.39, 0.29) is 85.7 Å². The number of hydrogen-bond acceptors (Lipinski definition) is 0. The minimum absolute atomic E-state index is 0. The fourth-order valence-corrected chi connectivity index (χ4v) is 0. The Hall–Kier alpha value is 2.77. The Morgan fingerprint density at radius 1 is 1.00 bits per heavy atom. The van der Waals surface area contributed by atoms with Gasteiger partial charge < -0.3 is 0 Å².